The first-order valence-electron chi connectivity index (χ1n) is 12.1. The van der Waals surface area contributed by atoms with Crippen molar-refractivity contribution in [2.75, 3.05) is 6.54 Å². The molecule has 5 rings (SSSR count). The first kappa shape index (κ1) is 27.1. The van der Waals surface area contributed by atoms with Gasteiger partial charge in [-0.1, -0.05) is 6.07 Å². The van der Waals surface area contributed by atoms with E-state index in [1.54, 1.807) is 22.5 Å². The molecule has 2 unspecified atom stereocenters. The lowest BCUT2D eigenvalue weighted by Gasteiger charge is -2.31. The molecular formula is C26H23F7N4O2. The molecule has 0 aliphatic carbocycles. The fraction of sp³-hybridized carbons (Fsp3) is 0.423. The molecule has 2 saturated heterocycles. The van der Waals surface area contributed by atoms with Crippen molar-refractivity contribution >= 4 is 5.91 Å². The van der Waals surface area contributed by atoms with Gasteiger partial charge in [-0.3, -0.25) is 4.79 Å². The van der Waals surface area contributed by atoms with Crippen LogP contribution >= 0.6 is 0 Å². The molecule has 5 atom stereocenters. The number of fused-ring (bicyclic) bond motifs is 1. The van der Waals surface area contributed by atoms with E-state index in [9.17, 15) is 35.5 Å². The number of rotatable bonds is 5. The first-order chi connectivity index (χ1) is 18.2. The summed E-state index contributed by atoms with van der Waals surface area (Å²) >= 11 is 0. The fourth-order valence-electron chi connectivity index (χ4n) is 5.72. The van der Waals surface area contributed by atoms with E-state index in [2.05, 4.69) is 10.2 Å². The van der Waals surface area contributed by atoms with Gasteiger partial charge in [-0.2, -0.15) is 26.3 Å². The van der Waals surface area contributed by atoms with E-state index in [1.165, 1.54) is 31.7 Å². The number of nitrogens with zero attached hydrogens (tertiary/aromatic N) is 4. The second-order valence-electron chi connectivity index (χ2n) is 9.90. The highest BCUT2D eigenvalue weighted by atomic mass is 19.4. The summed E-state index contributed by atoms with van der Waals surface area (Å²) in [4.78, 5) is 14.6. The van der Waals surface area contributed by atoms with Crippen LogP contribution in [-0.2, 0) is 21.9 Å². The van der Waals surface area contributed by atoms with Crippen molar-refractivity contribution in [3.8, 4) is 0 Å². The monoisotopic (exact) mass is 556 g/mol. The van der Waals surface area contributed by atoms with E-state index in [0.717, 1.165) is 0 Å². The molecule has 3 aromatic rings. The number of alkyl halides is 6. The van der Waals surface area contributed by atoms with Gasteiger partial charge >= 0.3 is 12.4 Å². The Hall–Kier alpha value is -3.48. The summed E-state index contributed by atoms with van der Waals surface area (Å²) < 4.78 is 102. The maximum absolute atomic E-state index is 14.0. The number of amides is 1. The Morgan fingerprint density at radius 2 is 1.59 bits per heavy atom. The Labute approximate surface area is 218 Å². The number of hydrogen-bond acceptors (Lipinski definition) is 4. The average molecular weight is 556 g/mol. The summed E-state index contributed by atoms with van der Waals surface area (Å²) in [6, 6.07) is 4.60. The van der Waals surface area contributed by atoms with E-state index in [0.29, 0.717) is 23.3 Å². The molecule has 39 heavy (non-hydrogen) atoms. The van der Waals surface area contributed by atoms with Crippen LogP contribution in [0.4, 0.5) is 30.7 Å². The quantitative estimate of drug-likeness (QED) is 0.370. The molecular weight excluding hydrogens is 533 g/mol. The second-order valence-corrected chi connectivity index (χ2v) is 9.90. The maximum atomic E-state index is 14.0. The third-order valence-corrected chi connectivity index (χ3v) is 7.47. The zero-order valence-corrected chi connectivity index (χ0v) is 20.7. The molecule has 13 heteroatoms. The van der Waals surface area contributed by atoms with Crippen molar-refractivity contribution in [1.29, 1.82) is 0 Å². The topological polar surface area (TPSA) is 60.2 Å². The van der Waals surface area contributed by atoms with Crippen molar-refractivity contribution in [2.24, 2.45) is 0 Å². The van der Waals surface area contributed by atoms with Crippen molar-refractivity contribution in [2.45, 2.75) is 62.8 Å². The standard InChI is InChI=1S/C26H23F7N4O2/c1-13-5-18(27)3-4-19(13)23-21(10-37-22(38)9-20(24(23)37)36-11-34-35-12-36)39-14(2)15-6-16(25(28,29)30)8-17(7-15)26(31,32)33/h3-8,11-12,14,20-21,23-24H,9-10H2,1-2H3/t14-,20?,21+,23-,24?/m1/s1. The average Bonchev–Trinajstić information content (AvgIpc) is 3.56. The highest BCUT2D eigenvalue weighted by molar-refractivity contribution is 5.80. The number of aryl methyl sites for hydroxylation is 1. The van der Waals surface area contributed by atoms with Crippen LogP contribution in [0, 0.1) is 12.7 Å². The Morgan fingerprint density at radius 1 is 0.974 bits per heavy atom. The van der Waals surface area contributed by atoms with Gasteiger partial charge in [0, 0.05) is 18.9 Å². The predicted octanol–water partition coefficient (Wildman–Crippen LogP) is 5.85. The molecule has 3 heterocycles. The van der Waals surface area contributed by atoms with E-state index in [4.69, 9.17) is 4.74 Å². The number of halogens is 7. The SMILES string of the molecule is Cc1cc(F)ccc1[C@H]1C2C(n3cnnc3)CC(=O)N2C[C@@H]1O[C@H](C)c1cc(C(F)(F)F)cc(C(F)(F)F)c1. The third-order valence-electron chi connectivity index (χ3n) is 7.47. The lowest BCUT2D eigenvalue weighted by atomic mass is 9.84. The van der Waals surface area contributed by atoms with Gasteiger partial charge in [0.25, 0.3) is 0 Å². The summed E-state index contributed by atoms with van der Waals surface area (Å²) in [5.74, 6) is -1.22. The van der Waals surface area contributed by atoms with Gasteiger partial charge in [0.1, 0.15) is 18.5 Å². The van der Waals surface area contributed by atoms with E-state index >= 15 is 0 Å². The molecule has 208 valence electrons. The van der Waals surface area contributed by atoms with Crippen LogP contribution in [0.15, 0.2) is 49.1 Å². The molecule has 0 N–H and O–H groups in total. The number of aromatic nitrogens is 3. The summed E-state index contributed by atoms with van der Waals surface area (Å²) in [6.45, 7) is 3.11. The van der Waals surface area contributed by atoms with Crippen molar-refractivity contribution in [1.82, 2.24) is 19.7 Å². The molecule has 2 aliphatic rings. The van der Waals surface area contributed by atoms with Gasteiger partial charge < -0.3 is 14.2 Å². The molecule has 2 fully saturated rings. The lowest BCUT2D eigenvalue weighted by Crippen LogP contribution is -2.33. The molecule has 0 radical (unpaired) electrons. The minimum Gasteiger partial charge on any atom is -0.368 e. The van der Waals surface area contributed by atoms with Crippen molar-refractivity contribution in [3.05, 3.63) is 82.7 Å². The van der Waals surface area contributed by atoms with Gasteiger partial charge in [-0.05, 0) is 60.9 Å². The van der Waals surface area contributed by atoms with Gasteiger partial charge in [-0.25, -0.2) is 4.39 Å². The largest absolute Gasteiger partial charge is 0.416 e. The highest BCUT2D eigenvalue weighted by Gasteiger charge is 2.54. The van der Waals surface area contributed by atoms with Gasteiger partial charge in [0.15, 0.2) is 0 Å². The number of carbonyl (C=O) groups is 1. The van der Waals surface area contributed by atoms with Crippen molar-refractivity contribution < 1.29 is 40.3 Å². The Balaban J connectivity index is 1.54. The lowest BCUT2D eigenvalue weighted by molar-refractivity contribution is -0.143. The molecule has 1 amide bonds. The third kappa shape index (κ3) is 5.11. The minimum absolute atomic E-state index is 0.0546. The van der Waals surface area contributed by atoms with Crippen LogP contribution in [0.1, 0.15) is 59.2 Å². The Kier molecular flexibility index (Phi) is 6.68. The summed E-state index contributed by atoms with van der Waals surface area (Å²) in [7, 11) is 0. The fourth-order valence-corrected chi connectivity index (χ4v) is 5.72. The molecule has 1 aromatic heterocycles. The van der Waals surface area contributed by atoms with Crippen LogP contribution in [0.25, 0.3) is 0 Å². The number of hydrogen-bond donors (Lipinski definition) is 0. The number of benzene rings is 2. The highest BCUT2D eigenvalue weighted by Crippen LogP contribution is 2.48. The molecule has 6 nitrogen and oxygen atoms in total. The predicted molar refractivity (Wildman–Crippen MR) is 123 cm³/mol. The molecule has 0 spiro atoms. The smallest absolute Gasteiger partial charge is 0.368 e. The van der Waals surface area contributed by atoms with Gasteiger partial charge in [0.05, 0.1) is 35.4 Å². The zero-order chi connectivity index (χ0) is 28.3. The molecule has 0 bridgehead atoms. The minimum atomic E-state index is -5.00. The molecule has 2 aliphatic heterocycles. The number of ether oxygens (including phenoxy) is 1. The Bertz CT molecular complexity index is 1340. The Morgan fingerprint density at radius 3 is 2.15 bits per heavy atom. The molecule has 2 aromatic carbocycles. The summed E-state index contributed by atoms with van der Waals surface area (Å²) in [5, 5.41) is 7.63. The van der Waals surface area contributed by atoms with Crippen LogP contribution in [-0.4, -0.2) is 44.3 Å². The number of carbonyl (C=O) groups excluding carboxylic acids is 1. The van der Waals surface area contributed by atoms with E-state index < -0.39 is 59.5 Å². The van der Waals surface area contributed by atoms with Crippen LogP contribution < -0.4 is 0 Å². The van der Waals surface area contributed by atoms with Gasteiger partial charge in [0.2, 0.25) is 5.91 Å². The van der Waals surface area contributed by atoms with E-state index in [1.807, 2.05) is 0 Å². The van der Waals surface area contributed by atoms with Crippen LogP contribution in [0.3, 0.4) is 0 Å². The summed E-state index contributed by atoms with van der Waals surface area (Å²) in [6.07, 6.45) is -8.92. The van der Waals surface area contributed by atoms with Crippen molar-refractivity contribution in [3.63, 3.8) is 0 Å². The second kappa shape index (κ2) is 9.61. The van der Waals surface area contributed by atoms with Gasteiger partial charge in [-0.15, -0.1) is 10.2 Å². The van der Waals surface area contributed by atoms with Crippen LogP contribution in [0.2, 0.25) is 0 Å². The summed E-state index contributed by atoms with van der Waals surface area (Å²) in [5.41, 5.74) is -1.95. The zero-order valence-electron chi connectivity index (χ0n) is 20.7. The maximum Gasteiger partial charge on any atom is 0.416 e. The first-order valence-corrected chi connectivity index (χ1v) is 12.1. The van der Waals surface area contributed by atoms with Crippen LogP contribution in [0.5, 0.6) is 0 Å². The normalized spacial score (nSPS) is 24.3. The van der Waals surface area contributed by atoms with E-state index in [-0.39, 0.29) is 30.5 Å². The molecule has 0 saturated carbocycles.